The fourth-order valence-electron chi connectivity index (χ4n) is 2.83. The van der Waals surface area contributed by atoms with Crippen LogP contribution in [-0.4, -0.2) is 14.5 Å². The van der Waals surface area contributed by atoms with Gasteiger partial charge in [0.05, 0.1) is 10.9 Å². The highest BCUT2D eigenvalue weighted by Gasteiger charge is 2.15. The fraction of sp³-hybridized carbons (Fsp3) is 0.0952. The molecular formula is C21H15ClFN3OS. The average Bonchev–Trinajstić information content (AvgIpc) is 2.67. The topological polar surface area (TPSA) is 47.8 Å². The minimum Gasteiger partial charge on any atom is -0.268 e. The van der Waals surface area contributed by atoms with E-state index in [0.717, 1.165) is 11.1 Å². The standard InChI is InChI=1S/C21H15ClFN3OS/c1-13-8-9-24-19(10-13)26-20(27)16-4-2-3-5-18(16)25-21(26)28-12-14-6-7-15(23)11-17(14)22/h2-11H,12H2,1H3. The number of aromatic nitrogens is 3. The summed E-state index contributed by atoms with van der Waals surface area (Å²) < 4.78 is 14.8. The summed E-state index contributed by atoms with van der Waals surface area (Å²) in [6.07, 6.45) is 1.66. The Balaban J connectivity index is 1.84. The predicted molar refractivity (Wildman–Crippen MR) is 111 cm³/mol. The van der Waals surface area contributed by atoms with Crippen LogP contribution >= 0.6 is 23.4 Å². The Kier molecular flexibility index (Phi) is 5.15. The summed E-state index contributed by atoms with van der Waals surface area (Å²) in [4.78, 5) is 22.2. The Hall–Kier alpha value is -2.70. The number of halogens is 2. The summed E-state index contributed by atoms with van der Waals surface area (Å²) in [5.41, 5.74) is 2.18. The summed E-state index contributed by atoms with van der Waals surface area (Å²) in [5, 5.41) is 1.37. The Morgan fingerprint density at radius 2 is 1.96 bits per heavy atom. The summed E-state index contributed by atoms with van der Waals surface area (Å²) in [7, 11) is 0. The highest BCUT2D eigenvalue weighted by atomic mass is 35.5. The summed E-state index contributed by atoms with van der Waals surface area (Å²) in [6.45, 7) is 1.94. The number of aryl methyl sites for hydroxylation is 1. The van der Waals surface area contributed by atoms with Crippen LogP contribution in [0.15, 0.2) is 70.7 Å². The maximum Gasteiger partial charge on any atom is 0.267 e. The van der Waals surface area contributed by atoms with Crippen molar-refractivity contribution in [1.82, 2.24) is 14.5 Å². The third-order valence-corrected chi connectivity index (χ3v) is 5.59. The van der Waals surface area contributed by atoms with Gasteiger partial charge in [0, 0.05) is 17.0 Å². The number of fused-ring (bicyclic) bond motifs is 1. The molecule has 4 nitrogen and oxygen atoms in total. The van der Waals surface area contributed by atoms with Crippen molar-refractivity contribution in [2.75, 3.05) is 0 Å². The smallest absolute Gasteiger partial charge is 0.267 e. The third kappa shape index (κ3) is 3.66. The summed E-state index contributed by atoms with van der Waals surface area (Å²) in [6, 6.07) is 15.2. The molecule has 0 fully saturated rings. The lowest BCUT2D eigenvalue weighted by Crippen LogP contribution is -2.22. The molecule has 0 saturated carbocycles. The van der Waals surface area contributed by atoms with Gasteiger partial charge >= 0.3 is 0 Å². The number of pyridine rings is 1. The van der Waals surface area contributed by atoms with Gasteiger partial charge in [0.1, 0.15) is 11.6 Å². The van der Waals surface area contributed by atoms with E-state index in [-0.39, 0.29) is 11.4 Å². The van der Waals surface area contributed by atoms with Gasteiger partial charge in [-0.1, -0.05) is 41.6 Å². The second-order valence-corrected chi connectivity index (χ2v) is 7.62. The van der Waals surface area contributed by atoms with Crippen LogP contribution in [0.1, 0.15) is 11.1 Å². The molecule has 0 aliphatic heterocycles. The van der Waals surface area contributed by atoms with Gasteiger partial charge in [0.2, 0.25) is 0 Å². The molecule has 4 rings (SSSR count). The van der Waals surface area contributed by atoms with E-state index < -0.39 is 0 Å². The van der Waals surface area contributed by atoms with Crippen molar-refractivity contribution in [2.24, 2.45) is 0 Å². The third-order valence-electron chi connectivity index (χ3n) is 4.25. The molecule has 0 amide bonds. The number of para-hydroxylation sites is 1. The van der Waals surface area contributed by atoms with Gasteiger partial charge in [0.25, 0.3) is 5.56 Å². The maximum atomic E-state index is 13.3. The Bertz CT molecular complexity index is 1240. The van der Waals surface area contributed by atoms with Crippen LogP contribution in [-0.2, 0) is 5.75 Å². The highest BCUT2D eigenvalue weighted by molar-refractivity contribution is 7.98. The molecule has 0 saturated heterocycles. The van der Waals surface area contributed by atoms with Crippen molar-refractivity contribution >= 4 is 34.3 Å². The van der Waals surface area contributed by atoms with Crippen molar-refractivity contribution < 1.29 is 4.39 Å². The summed E-state index contributed by atoms with van der Waals surface area (Å²) in [5.74, 6) is 0.565. The zero-order valence-electron chi connectivity index (χ0n) is 14.9. The van der Waals surface area contributed by atoms with Crippen molar-refractivity contribution in [3.63, 3.8) is 0 Å². The highest BCUT2D eigenvalue weighted by Crippen LogP contribution is 2.28. The minimum atomic E-state index is -0.386. The average molecular weight is 412 g/mol. The molecule has 140 valence electrons. The van der Waals surface area contributed by atoms with Crippen molar-refractivity contribution in [3.05, 3.63) is 93.1 Å². The van der Waals surface area contributed by atoms with Crippen LogP contribution in [0.25, 0.3) is 16.7 Å². The van der Waals surface area contributed by atoms with Crippen LogP contribution in [0.4, 0.5) is 4.39 Å². The molecule has 0 aliphatic carbocycles. The van der Waals surface area contributed by atoms with E-state index in [1.165, 1.54) is 28.5 Å². The Morgan fingerprint density at radius 3 is 2.75 bits per heavy atom. The first-order valence-corrected chi connectivity index (χ1v) is 9.91. The largest absolute Gasteiger partial charge is 0.268 e. The fourth-order valence-corrected chi connectivity index (χ4v) is 4.15. The van der Waals surface area contributed by atoms with E-state index in [0.29, 0.717) is 32.7 Å². The van der Waals surface area contributed by atoms with Gasteiger partial charge in [-0.2, -0.15) is 0 Å². The van der Waals surface area contributed by atoms with Crippen LogP contribution in [0.3, 0.4) is 0 Å². The summed E-state index contributed by atoms with van der Waals surface area (Å²) >= 11 is 7.50. The predicted octanol–water partition coefficient (Wildman–Crippen LogP) is 5.17. The van der Waals surface area contributed by atoms with Gasteiger partial charge in [-0.3, -0.25) is 4.79 Å². The number of hydrogen-bond acceptors (Lipinski definition) is 4. The first-order valence-electron chi connectivity index (χ1n) is 8.54. The molecule has 0 aliphatic rings. The first kappa shape index (κ1) is 18.7. The SMILES string of the molecule is Cc1ccnc(-n2c(SCc3ccc(F)cc3Cl)nc3ccccc3c2=O)c1. The number of rotatable bonds is 4. The second kappa shape index (κ2) is 7.73. The molecule has 0 N–H and O–H groups in total. The van der Waals surface area contributed by atoms with Crippen molar-refractivity contribution in [1.29, 1.82) is 0 Å². The van der Waals surface area contributed by atoms with E-state index in [4.69, 9.17) is 11.6 Å². The molecule has 28 heavy (non-hydrogen) atoms. The van der Waals surface area contributed by atoms with E-state index in [9.17, 15) is 9.18 Å². The molecule has 4 aromatic rings. The molecule has 2 aromatic carbocycles. The molecule has 0 spiro atoms. The van der Waals surface area contributed by atoms with E-state index in [1.807, 2.05) is 31.2 Å². The Labute approximate surface area is 170 Å². The van der Waals surface area contributed by atoms with Gasteiger partial charge in [-0.15, -0.1) is 0 Å². The van der Waals surface area contributed by atoms with Gasteiger partial charge in [0.15, 0.2) is 5.16 Å². The van der Waals surface area contributed by atoms with E-state index >= 15 is 0 Å². The van der Waals surface area contributed by atoms with Gasteiger partial charge in [-0.25, -0.2) is 18.9 Å². The number of hydrogen-bond donors (Lipinski definition) is 0. The van der Waals surface area contributed by atoms with Gasteiger partial charge in [-0.05, 0) is 54.4 Å². The lowest BCUT2D eigenvalue weighted by atomic mass is 10.2. The Morgan fingerprint density at radius 1 is 1.14 bits per heavy atom. The van der Waals surface area contributed by atoms with Crippen LogP contribution in [0, 0.1) is 12.7 Å². The molecule has 7 heteroatoms. The van der Waals surface area contributed by atoms with E-state index in [1.54, 1.807) is 24.4 Å². The lowest BCUT2D eigenvalue weighted by molar-refractivity contribution is 0.627. The van der Waals surface area contributed by atoms with Crippen LogP contribution in [0.5, 0.6) is 0 Å². The number of benzene rings is 2. The molecule has 2 aromatic heterocycles. The maximum absolute atomic E-state index is 13.3. The number of nitrogens with zero attached hydrogens (tertiary/aromatic N) is 3. The minimum absolute atomic E-state index is 0.184. The van der Waals surface area contributed by atoms with Crippen LogP contribution in [0.2, 0.25) is 5.02 Å². The second-order valence-electron chi connectivity index (χ2n) is 6.27. The molecule has 2 heterocycles. The molecular weight excluding hydrogens is 397 g/mol. The number of thioether (sulfide) groups is 1. The molecule has 0 bridgehead atoms. The molecule has 0 atom stereocenters. The normalized spacial score (nSPS) is 11.1. The molecule has 0 radical (unpaired) electrons. The quantitative estimate of drug-likeness (QED) is 0.343. The lowest BCUT2D eigenvalue weighted by Gasteiger charge is -2.13. The van der Waals surface area contributed by atoms with Crippen molar-refractivity contribution in [2.45, 2.75) is 17.8 Å². The van der Waals surface area contributed by atoms with Crippen LogP contribution < -0.4 is 5.56 Å². The first-order chi connectivity index (χ1) is 13.5. The monoisotopic (exact) mass is 411 g/mol. The molecule has 0 unspecified atom stereocenters. The zero-order chi connectivity index (χ0) is 19.7. The van der Waals surface area contributed by atoms with Crippen molar-refractivity contribution in [3.8, 4) is 5.82 Å². The van der Waals surface area contributed by atoms with Gasteiger partial charge < -0.3 is 0 Å². The zero-order valence-corrected chi connectivity index (χ0v) is 16.5. The van der Waals surface area contributed by atoms with E-state index in [2.05, 4.69) is 9.97 Å².